The summed E-state index contributed by atoms with van der Waals surface area (Å²) in [6, 6.07) is 0.450. The summed E-state index contributed by atoms with van der Waals surface area (Å²) in [7, 11) is 0. The van der Waals surface area contributed by atoms with Gasteiger partial charge < -0.3 is 9.88 Å². The minimum Gasteiger partial charge on any atom is -0.347 e. The summed E-state index contributed by atoms with van der Waals surface area (Å²) in [5.74, 6) is 1.07. The molecule has 1 atom stereocenters. The van der Waals surface area contributed by atoms with Gasteiger partial charge in [-0.1, -0.05) is 0 Å². The van der Waals surface area contributed by atoms with Crippen LogP contribution in [0.3, 0.4) is 0 Å². The fourth-order valence-electron chi connectivity index (χ4n) is 2.93. The van der Waals surface area contributed by atoms with Gasteiger partial charge in [-0.15, -0.1) is 0 Å². The number of aromatic nitrogens is 2. The fourth-order valence-corrected chi connectivity index (χ4v) is 2.93. The second-order valence-corrected chi connectivity index (χ2v) is 6.13. The van der Waals surface area contributed by atoms with E-state index in [-0.39, 0.29) is 6.04 Å². The van der Waals surface area contributed by atoms with E-state index in [4.69, 9.17) is 0 Å². The summed E-state index contributed by atoms with van der Waals surface area (Å²) < 4.78 is 0. The van der Waals surface area contributed by atoms with E-state index in [9.17, 15) is 4.79 Å². The van der Waals surface area contributed by atoms with Gasteiger partial charge in [0.25, 0.3) is 0 Å². The second kappa shape index (κ2) is 4.34. The van der Waals surface area contributed by atoms with E-state index < -0.39 is 0 Å². The molecule has 2 saturated carbocycles. The van der Waals surface area contributed by atoms with Crippen LogP contribution < -0.4 is 5.32 Å². The highest BCUT2D eigenvalue weighted by atomic mass is 16.2. The lowest BCUT2D eigenvalue weighted by molar-refractivity contribution is -0.134. The van der Waals surface area contributed by atoms with Crippen molar-refractivity contribution in [3.63, 3.8) is 0 Å². The van der Waals surface area contributed by atoms with Gasteiger partial charge in [-0.3, -0.25) is 10.1 Å². The Morgan fingerprint density at radius 1 is 1.37 bits per heavy atom. The number of nitrogens with zero attached hydrogens (tertiary/aromatic N) is 2. The lowest BCUT2D eigenvalue weighted by Gasteiger charge is -2.30. The number of hydrogen-bond acceptors (Lipinski definition) is 3. The largest absolute Gasteiger partial charge is 0.347 e. The van der Waals surface area contributed by atoms with E-state index in [0.29, 0.717) is 11.9 Å². The van der Waals surface area contributed by atoms with Crippen molar-refractivity contribution in [2.45, 2.75) is 50.7 Å². The number of imidazole rings is 1. The third kappa shape index (κ3) is 2.27. The van der Waals surface area contributed by atoms with Gasteiger partial charge in [0, 0.05) is 25.6 Å². The number of carbonyl (C=O) groups excluding carboxylic acids is 1. The Morgan fingerprint density at radius 2 is 2.21 bits per heavy atom. The summed E-state index contributed by atoms with van der Waals surface area (Å²) in [6.45, 7) is 1.71. The summed E-state index contributed by atoms with van der Waals surface area (Å²) in [6.07, 6.45) is 7.45. The van der Waals surface area contributed by atoms with Gasteiger partial charge >= 0.3 is 0 Å². The Hall–Kier alpha value is -1.36. The van der Waals surface area contributed by atoms with Crippen LogP contribution in [0, 0.1) is 5.92 Å². The Morgan fingerprint density at radius 3 is 2.95 bits per heavy atom. The molecule has 0 bridgehead atoms. The molecule has 4 rings (SSSR count). The molecule has 19 heavy (non-hydrogen) atoms. The maximum Gasteiger partial charge on any atom is 0.240 e. The average Bonchev–Trinajstić information content (AvgIpc) is 3.33. The number of fused-ring (bicyclic) bond motifs is 1. The van der Waals surface area contributed by atoms with Crippen molar-refractivity contribution in [3.05, 3.63) is 17.7 Å². The first-order chi connectivity index (χ1) is 9.31. The fraction of sp³-hybridized carbons (Fsp3) is 0.714. The first kappa shape index (κ1) is 11.5. The second-order valence-electron chi connectivity index (χ2n) is 6.13. The van der Waals surface area contributed by atoms with Gasteiger partial charge in [-0.25, -0.2) is 4.98 Å². The standard InChI is InChI=1S/C14H20N4O/c19-14(18(10-3-4-10)7-9-1-2-9)12-5-11-13(6-15-12)17-8-16-11/h8-10,12,15H,1-7H2,(H,16,17). The maximum atomic E-state index is 12.7. The minimum atomic E-state index is -0.0739. The van der Waals surface area contributed by atoms with Crippen molar-refractivity contribution in [1.29, 1.82) is 0 Å². The van der Waals surface area contributed by atoms with Gasteiger partial charge in [-0.2, -0.15) is 0 Å². The molecule has 1 amide bonds. The van der Waals surface area contributed by atoms with Crippen LogP contribution in [0.2, 0.25) is 0 Å². The highest BCUT2D eigenvalue weighted by molar-refractivity contribution is 5.83. The van der Waals surface area contributed by atoms with Crippen molar-refractivity contribution in [3.8, 4) is 0 Å². The predicted molar refractivity (Wildman–Crippen MR) is 70.4 cm³/mol. The smallest absolute Gasteiger partial charge is 0.240 e. The lowest BCUT2D eigenvalue weighted by Crippen LogP contribution is -2.50. The normalized spacial score (nSPS) is 26.0. The molecule has 3 aliphatic rings. The average molecular weight is 260 g/mol. The predicted octanol–water partition coefficient (Wildman–Crippen LogP) is 0.825. The van der Waals surface area contributed by atoms with Crippen LogP contribution in [-0.4, -0.2) is 39.4 Å². The molecule has 5 heteroatoms. The zero-order chi connectivity index (χ0) is 12.8. The molecule has 1 aliphatic heterocycles. The van der Waals surface area contributed by atoms with Gasteiger partial charge in [-0.05, 0) is 31.6 Å². The highest BCUT2D eigenvalue weighted by Crippen LogP contribution is 2.35. The molecule has 2 N–H and O–H groups in total. The van der Waals surface area contributed by atoms with Crippen LogP contribution >= 0.6 is 0 Å². The van der Waals surface area contributed by atoms with E-state index in [1.165, 1.54) is 25.7 Å². The molecule has 1 aromatic rings. The molecule has 102 valence electrons. The van der Waals surface area contributed by atoms with Crippen molar-refractivity contribution >= 4 is 5.91 Å². The third-order valence-electron chi connectivity index (χ3n) is 4.45. The van der Waals surface area contributed by atoms with Crippen LogP contribution in [0.15, 0.2) is 6.33 Å². The molecule has 0 aromatic carbocycles. The zero-order valence-corrected chi connectivity index (χ0v) is 11.1. The SMILES string of the molecule is O=C(C1Cc2nc[nH]c2CN1)N(CC1CC1)C1CC1. The summed E-state index contributed by atoms with van der Waals surface area (Å²) in [5, 5.41) is 3.36. The van der Waals surface area contributed by atoms with E-state index >= 15 is 0 Å². The van der Waals surface area contributed by atoms with Crippen LogP contribution in [0.25, 0.3) is 0 Å². The summed E-state index contributed by atoms with van der Waals surface area (Å²) in [5.41, 5.74) is 2.18. The molecule has 1 aromatic heterocycles. The molecule has 1 unspecified atom stereocenters. The van der Waals surface area contributed by atoms with E-state index in [1.807, 2.05) is 0 Å². The molecular weight excluding hydrogens is 240 g/mol. The van der Waals surface area contributed by atoms with Crippen LogP contribution in [0.4, 0.5) is 0 Å². The van der Waals surface area contributed by atoms with E-state index in [2.05, 4.69) is 20.2 Å². The van der Waals surface area contributed by atoms with Crippen molar-refractivity contribution < 1.29 is 4.79 Å². The molecule has 0 radical (unpaired) electrons. The van der Waals surface area contributed by atoms with Gasteiger partial charge in [0.2, 0.25) is 5.91 Å². The molecule has 0 saturated heterocycles. The van der Waals surface area contributed by atoms with Crippen LogP contribution in [0.1, 0.15) is 37.1 Å². The first-order valence-corrected chi connectivity index (χ1v) is 7.36. The van der Waals surface area contributed by atoms with Crippen molar-refractivity contribution in [1.82, 2.24) is 20.2 Å². The Balaban J connectivity index is 1.47. The number of hydrogen-bond donors (Lipinski definition) is 2. The number of amides is 1. The van der Waals surface area contributed by atoms with Gasteiger partial charge in [0.1, 0.15) is 0 Å². The highest BCUT2D eigenvalue weighted by Gasteiger charge is 2.39. The van der Waals surface area contributed by atoms with Gasteiger partial charge in [0.05, 0.1) is 23.8 Å². The molecule has 5 nitrogen and oxygen atoms in total. The summed E-state index contributed by atoms with van der Waals surface area (Å²) >= 11 is 0. The molecule has 2 heterocycles. The number of aromatic amines is 1. The monoisotopic (exact) mass is 260 g/mol. The minimum absolute atomic E-state index is 0.0739. The van der Waals surface area contributed by atoms with E-state index in [1.54, 1.807) is 6.33 Å². The third-order valence-corrected chi connectivity index (χ3v) is 4.45. The quantitative estimate of drug-likeness (QED) is 0.843. The lowest BCUT2D eigenvalue weighted by atomic mass is 10.0. The van der Waals surface area contributed by atoms with Crippen LogP contribution in [0.5, 0.6) is 0 Å². The number of H-pyrrole nitrogens is 1. The van der Waals surface area contributed by atoms with Gasteiger partial charge in [0.15, 0.2) is 0 Å². The Bertz CT molecular complexity index is 489. The number of nitrogens with one attached hydrogen (secondary N) is 2. The van der Waals surface area contributed by atoms with Crippen molar-refractivity contribution in [2.75, 3.05) is 6.54 Å². The molecular formula is C14H20N4O. The molecule has 0 spiro atoms. The Labute approximate surface area is 112 Å². The van der Waals surface area contributed by atoms with Crippen LogP contribution in [-0.2, 0) is 17.8 Å². The topological polar surface area (TPSA) is 61.0 Å². The summed E-state index contributed by atoms with van der Waals surface area (Å²) in [4.78, 5) is 22.3. The Kier molecular flexibility index (Phi) is 2.62. The number of carbonyl (C=O) groups is 1. The van der Waals surface area contributed by atoms with E-state index in [0.717, 1.165) is 36.8 Å². The molecule has 2 fully saturated rings. The number of rotatable bonds is 4. The first-order valence-electron chi connectivity index (χ1n) is 7.36. The molecule has 2 aliphatic carbocycles. The van der Waals surface area contributed by atoms with Crippen molar-refractivity contribution in [2.24, 2.45) is 5.92 Å². The zero-order valence-electron chi connectivity index (χ0n) is 11.1. The maximum absolute atomic E-state index is 12.7.